The number of hydrogen-bond acceptors (Lipinski definition) is 6. The van der Waals surface area contributed by atoms with Crippen molar-refractivity contribution in [2.24, 2.45) is 11.8 Å². The Morgan fingerprint density at radius 1 is 0.900 bits per heavy atom. The zero-order chi connectivity index (χ0) is 29.0. The first-order chi connectivity index (χ1) is 19.5. The van der Waals surface area contributed by atoms with Gasteiger partial charge in [-0.25, -0.2) is 0 Å². The minimum Gasteiger partial charge on any atom is -0.455 e. The molecule has 0 aromatic heterocycles. The van der Waals surface area contributed by atoms with E-state index in [1.54, 1.807) is 12.2 Å². The van der Waals surface area contributed by atoms with Crippen molar-refractivity contribution in [3.63, 3.8) is 0 Å². The average Bonchev–Trinajstić information content (AvgIpc) is 2.97. The van der Waals surface area contributed by atoms with Gasteiger partial charge in [-0.05, 0) is 36.8 Å². The Balaban J connectivity index is 2.05. The minimum absolute atomic E-state index is 0.0195. The van der Waals surface area contributed by atoms with E-state index >= 15 is 0 Å². The van der Waals surface area contributed by atoms with Gasteiger partial charge < -0.3 is 25.2 Å². The summed E-state index contributed by atoms with van der Waals surface area (Å²) in [4.78, 5) is 38.8. The van der Waals surface area contributed by atoms with Crippen molar-refractivity contribution < 1.29 is 29.0 Å². The molecule has 3 atom stereocenters. The van der Waals surface area contributed by atoms with Crippen LogP contribution in [0, 0.1) is 11.8 Å². The second-order valence-corrected chi connectivity index (χ2v) is 9.45. The van der Waals surface area contributed by atoms with Crippen molar-refractivity contribution in [2.45, 2.75) is 38.2 Å². The third-order valence-corrected chi connectivity index (χ3v) is 6.33. The van der Waals surface area contributed by atoms with Gasteiger partial charge in [-0.1, -0.05) is 72.8 Å². The standard InChI is InChI=1S/C32H42N2O6/c1-3-5-15-28(22-25-13-8-6-9-14-25)32(38)40-29(26-16-10-7-11-17-26)24-34-31(37)27(12-4-2)23-30(36)33-18-20-39-21-19-35/h3-4,6-11,13-14,16-17,27-29,35H,1-2,5,12,15,18-24H2,(H,33,36)(H,34,37)/t27-,28-,29+/m1/s1. The van der Waals surface area contributed by atoms with Crippen LogP contribution in [0.2, 0.25) is 0 Å². The van der Waals surface area contributed by atoms with Crippen LogP contribution in [0.3, 0.4) is 0 Å². The number of hydrogen-bond donors (Lipinski definition) is 3. The smallest absolute Gasteiger partial charge is 0.309 e. The molecular formula is C32H42N2O6. The number of nitrogens with one attached hydrogen (secondary N) is 2. The van der Waals surface area contributed by atoms with Crippen LogP contribution >= 0.6 is 0 Å². The van der Waals surface area contributed by atoms with E-state index in [0.717, 1.165) is 11.1 Å². The zero-order valence-electron chi connectivity index (χ0n) is 23.1. The molecule has 0 heterocycles. The summed E-state index contributed by atoms with van der Waals surface area (Å²) < 4.78 is 11.1. The molecule has 0 saturated carbocycles. The molecule has 0 fully saturated rings. The van der Waals surface area contributed by atoms with Crippen LogP contribution in [-0.2, 0) is 30.3 Å². The molecular weight excluding hydrogens is 508 g/mol. The van der Waals surface area contributed by atoms with E-state index in [-0.39, 0.29) is 63.0 Å². The van der Waals surface area contributed by atoms with Crippen molar-refractivity contribution in [3.8, 4) is 0 Å². The van der Waals surface area contributed by atoms with Gasteiger partial charge in [-0.15, -0.1) is 13.2 Å². The molecule has 0 saturated heterocycles. The van der Waals surface area contributed by atoms with Crippen LogP contribution in [0.15, 0.2) is 86.0 Å². The summed E-state index contributed by atoms with van der Waals surface area (Å²) in [5, 5.41) is 14.3. The number of esters is 1. The first kappa shape index (κ1) is 32.5. The summed E-state index contributed by atoms with van der Waals surface area (Å²) in [5.41, 5.74) is 1.81. The fourth-order valence-corrected chi connectivity index (χ4v) is 4.20. The lowest BCUT2D eigenvalue weighted by atomic mass is 9.94. The van der Waals surface area contributed by atoms with Gasteiger partial charge in [0.05, 0.1) is 38.2 Å². The molecule has 0 spiro atoms. The fraction of sp³-hybridized carbons (Fsp3) is 0.406. The normalized spacial score (nSPS) is 12.9. The van der Waals surface area contributed by atoms with E-state index < -0.39 is 12.0 Å². The van der Waals surface area contributed by atoms with Crippen LogP contribution in [0.25, 0.3) is 0 Å². The van der Waals surface area contributed by atoms with Gasteiger partial charge in [-0.2, -0.15) is 0 Å². The third kappa shape index (κ3) is 12.4. The summed E-state index contributed by atoms with van der Waals surface area (Å²) in [5.74, 6) is -1.93. The summed E-state index contributed by atoms with van der Waals surface area (Å²) >= 11 is 0. The molecule has 8 nitrogen and oxygen atoms in total. The molecule has 3 N–H and O–H groups in total. The fourth-order valence-electron chi connectivity index (χ4n) is 4.20. The number of amides is 2. The van der Waals surface area contributed by atoms with Crippen LogP contribution in [0.1, 0.15) is 42.9 Å². The molecule has 8 heteroatoms. The molecule has 0 unspecified atom stereocenters. The molecule has 0 aliphatic carbocycles. The maximum atomic E-state index is 13.4. The van der Waals surface area contributed by atoms with Crippen LogP contribution in [0.4, 0.5) is 0 Å². The number of carbonyl (C=O) groups is 3. The Morgan fingerprint density at radius 3 is 2.25 bits per heavy atom. The summed E-state index contributed by atoms with van der Waals surface area (Å²) in [6.07, 6.45) is 4.82. The SMILES string of the molecule is C=CCC[C@H](Cc1ccccc1)C(=O)O[C@@H](CNC(=O)[C@H](CC=C)CC(=O)NCCOCCO)c1ccccc1. The molecule has 0 radical (unpaired) electrons. The van der Waals surface area contributed by atoms with Gasteiger partial charge in [0.15, 0.2) is 0 Å². The highest BCUT2D eigenvalue weighted by molar-refractivity contribution is 5.86. The second-order valence-electron chi connectivity index (χ2n) is 9.45. The molecule has 0 aliphatic rings. The number of rotatable bonds is 20. The average molecular weight is 551 g/mol. The third-order valence-electron chi connectivity index (χ3n) is 6.33. The molecule has 2 amide bonds. The predicted octanol–water partition coefficient (Wildman–Crippen LogP) is 3.92. The summed E-state index contributed by atoms with van der Waals surface area (Å²) in [7, 11) is 0. The van der Waals surface area contributed by atoms with Crippen molar-refractivity contribution in [2.75, 3.05) is 32.9 Å². The second kappa shape index (κ2) is 19.3. The topological polar surface area (TPSA) is 114 Å². The molecule has 0 aliphatic heterocycles. The monoisotopic (exact) mass is 550 g/mol. The highest BCUT2D eigenvalue weighted by atomic mass is 16.5. The Labute approximate surface area is 237 Å². The maximum absolute atomic E-state index is 13.4. The van der Waals surface area contributed by atoms with Gasteiger partial charge in [0.2, 0.25) is 11.8 Å². The quantitative estimate of drug-likeness (QED) is 0.131. The summed E-state index contributed by atoms with van der Waals surface area (Å²) in [6, 6.07) is 19.1. The Bertz CT molecular complexity index is 1040. The Hall–Kier alpha value is -3.75. The van der Waals surface area contributed by atoms with Crippen molar-refractivity contribution in [1.82, 2.24) is 10.6 Å². The van der Waals surface area contributed by atoms with Crippen LogP contribution in [0.5, 0.6) is 0 Å². The van der Waals surface area contributed by atoms with Gasteiger partial charge >= 0.3 is 5.97 Å². The van der Waals surface area contributed by atoms with Gasteiger partial charge in [0, 0.05) is 13.0 Å². The maximum Gasteiger partial charge on any atom is 0.309 e. The molecule has 2 aromatic carbocycles. The van der Waals surface area contributed by atoms with E-state index in [1.807, 2.05) is 60.7 Å². The number of aliphatic hydroxyl groups is 1. The highest BCUT2D eigenvalue weighted by Gasteiger charge is 2.26. The van der Waals surface area contributed by atoms with Crippen LogP contribution in [-0.4, -0.2) is 55.8 Å². The number of allylic oxidation sites excluding steroid dienone is 2. The van der Waals surface area contributed by atoms with Crippen molar-refractivity contribution >= 4 is 17.8 Å². The van der Waals surface area contributed by atoms with E-state index in [4.69, 9.17) is 14.6 Å². The number of aliphatic hydroxyl groups excluding tert-OH is 1. The number of benzene rings is 2. The van der Waals surface area contributed by atoms with E-state index in [2.05, 4.69) is 23.8 Å². The lowest BCUT2D eigenvalue weighted by Gasteiger charge is -2.24. The van der Waals surface area contributed by atoms with Crippen molar-refractivity contribution in [1.29, 1.82) is 0 Å². The first-order valence-corrected chi connectivity index (χ1v) is 13.7. The molecule has 2 rings (SSSR count). The largest absolute Gasteiger partial charge is 0.455 e. The Kier molecular flexibility index (Phi) is 15.7. The lowest BCUT2D eigenvalue weighted by molar-refractivity contribution is -0.155. The van der Waals surface area contributed by atoms with E-state index in [9.17, 15) is 14.4 Å². The first-order valence-electron chi connectivity index (χ1n) is 13.7. The zero-order valence-corrected chi connectivity index (χ0v) is 23.1. The number of carbonyl (C=O) groups excluding carboxylic acids is 3. The molecule has 2 aromatic rings. The van der Waals surface area contributed by atoms with Crippen LogP contribution < -0.4 is 10.6 Å². The predicted molar refractivity (Wildman–Crippen MR) is 155 cm³/mol. The number of ether oxygens (including phenoxy) is 2. The molecule has 40 heavy (non-hydrogen) atoms. The molecule has 216 valence electrons. The Morgan fingerprint density at radius 2 is 1.60 bits per heavy atom. The van der Waals surface area contributed by atoms with Crippen molar-refractivity contribution in [3.05, 3.63) is 97.1 Å². The summed E-state index contributed by atoms with van der Waals surface area (Å²) in [6.45, 7) is 8.23. The van der Waals surface area contributed by atoms with Gasteiger partial charge in [-0.3, -0.25) is 14.4 Å². The van der Waals surface area contributed by atoms with E-state index in [0.29, 0.717) is 25.7 Å². The minimum atomic E-state index is -0.693. The van der Waals surface area contributed by atoms with Gasteiger partial charge in [0.1, 0.15) is 6.10 Å². The van der Waals surface area contributed by atoms with Gasteiger partial charge in [0.25, 0.3) is 0 Å². The lowest BCUT2D eigenvalue weighted by Crippen LogP contribution is -2.38. The van der Waals surface area contributed by atoms with E-state index in [1.165, 1.54) is 0 Å². The molecule has 0 bridgehead atoms. The highest BCUT2D eigenvalue weighted by Crippen LogP contribution is 2.23.